The average molecular weight is 227 g/mol. The van der Waals surface area contributed by atoms with Crippen LogP contribution in [-0.2, 0) is 6.42 Å². The number of anilines is 1. The Kier molecular flexibility index (Phi) is 3.89. The number of alkyl halides is 2. The van der Waals surface area contributed by atoms with Crippen LogP contribution in [-0.4, -0.2) is 6.43 Å². The summed E-state index contributed by atoms with van der Waals surface area (Å²) in [4.78, 5) is 0. The molecule has 0 aliphatic carbocycles. The van der Waals surface area contributed by atoms with Crippen molar-refractivity contribution in [3.8, 4) is 0 Å². The number of nitrogen functional groups attached to an aromatic ring is 1. The fourth-order valence-electron chi connectivity index (χ4n) is 1.96. The summed E-state index contributed by atoms with van der Waals surface area (Å²) in [5, 5.41) is 0. The molecule has 0 saturated heterocycles. The lowest BCUT2D eigenvalue weighted by Gasteiger charge is -2.19. The number of benzene rings is 1. The highest BCUT2D eigenvalue weighted by Crippen LogP contribution is 2.30. The molecule has 0 unspecified atom stereocenters. The van der Waals surface area contributed by atoms with Crippen LogP contribution in [0.15, 0.2) is 6.07 Å². The maximum atomic E-state index is 12.5. The Labute approximate surface area is 95.7 Å². The van der Waals surface area contributed by atoms with Crippen molar-refractivity contribution in [3.05, 3.63) is 28.3 Å². The van der Waals surface area contributed by atoms with Gasteiger partial charge >= 0.3 is 0 Å². The largest absolute Gasteiger partial charge is 0.398 e. The fraction of sp³-hybridized carbons (Fsp3) is 0.538. The molecule has 0 fully saturated rings. The zero-order valence-corrected chi connectivity index (χ0v) is 10.3. The summed E-state index contributed by atoms with van der Waals surface area (Å²) in [5.41, 5.74) is 10.1. The van der Waals surface area contributed by atoms with Crippen LogP contribution in [0.1, 0.15) is 42.0 Å². The van der Waals surface area contributed by atoms with Gasteiger partial charge in [-0.05, 0) is 48.1 Å². The number of hydrogen-bond acceptors (Lipinski definition) is 1. The van der Waals surface area contributed by atoms with E-state index in [1.165, 1.54) is 0 Å². The van der Waals surface area contributed by atoms with Gasteiger partial charge in [0.15, 0.2) is 0 Å². The van der Waals surface area contributed by atoms with Gasteiger partial charge in [-0.1, -0.05) is 13.8 Å². The van der Waals surface area contributed by atoms with E-state index in [1.807, 2.05) is 33.8 Å². The predicted molar refractivity (Wildman–Crippen MR) is 64.1 cm³/mol. The monoisotopic (exact) mass is 227 g/mol. The first-order valence-corrected chi connectivity index (χ1v) is 5.51. The van der Waals surface area contributed by atoms with E-state index in [2.05, 4.69) is 0 Å². The summed E-state index contributed by atoms with van der Waals surface area (Å²) >= 11 is 0. The lowest BCUT2D eigenvalue weighted by Crippen LogP contribution is -2.08. The Balaban J connectivity index is 3.35. The maximum Gasteiger partial charge on any atom is 0.242 e. The summed E-state index contributed by atoms with van der Waals surface area (Å²) in [6.45, 7) is 7.75. The Morgan fingerprint density at radius 1 is 1.19 bits per heavy atom. The average Bonchev–Trinajstić information content (AvgIpc) is 2.17. The van der Waals surface area contributed by atoms with Crippen molar-refractivity contribution in [2.75, 3.05) is 5.73 Å². The Morgan fingerprint density at radius 2 is 1.75 bits per heavy atom. The van der Waals surface area contributed by atoms with Gasteiger partial charge in [-0.25, -0.2) is 8.78 Å². The van der Waals surface area contributed by atoms with E-state index >= 15 is 0 Å². The van der Waals surface area contributed by atoms with Gasteiger partial charge in [-0.3, -0.25) is 0 Å². The predicted octanol–water partition coefficient (Wildman–Crippen LogP) is 3.82. The second-order valence-electron chi connectivity index (χ2n) is 4.53. The van der Waals surface area contributed by atoms with Gasteiger partial charge in [-0.15, -0.1) is 0 Å². The zero-order chi connectivity index (χ0) is 12.5. The van der Waals surface area contributed by atoms with Crippen molar-refractivity contribution in [3.63, 3.8) is 0 Å². The number of rotatable bonds is 3. The molecule has 1 rings (SSSR count). The van der Waals surface area contributed by atoms with Gasteiger partial charge in [0.25, 0.3) is 0 Å². The number of hydrogen-bond donors (Lipinski definition) is 1. The summed E-state index contributed by atoms with van der Waals surface area (Å²) in [6, 6.07) is 1.84. The molecule has 0 saturated carbocycles. The minimum atomic E-state index is -2.31. The maximum absolute atomic E-state index is 12.5. The van der Waals surface area contributed by atoms with E-state index < -0.39 is 6.43 Å². The van der Waals surface area contributed by atoms with E-state index in [0.29, 0.717) is 5.69 Å². The van der Waals surface area contributed by atoms with Crippen LogP contribution in [0.5, 0.6) is 0 Å². The lowest BCUT2D eigenvalue weighted by atomic mass is 9.88. The SMILES string of the molecule is Cc1c(N)cc(C(C)C)c(CC(F)F)c1C. The Hall–Kier alpha value is -1.12. The highest BCUT2D eigenvalue weighted by molar-refractivity contribution is 5.57. The van der Waals surface area contributed by atoms with Crippen molar-refractivity contribution >= 4 is 5.69 Å². The standard InChI is InChI=1S/C13H19F2N/c1-7(2)10-5-12(16)9(4)8(3)11(10)6-13(14)15/h5,7,13H,6,16H2,1-4H3. The van der Waals surface area contributed by atoms with Crippen LogP contribution in [0.2, 0.25) is 0 Å². The summed E-state index contributed by atoms with van der Waals surface area (Å²) < 4.78 is 25.1. The molecule has 0 aromatic heterocycles. The van der Waals surface area contributed by atoms with Gasteiger partial charge < -0.3 is 5.73 Å². The normalized spacial score (nSPS) is 11.5. The van der Waals surface area contributed by atoms with Gasteiger partial charge in [-0.2, -0.15) is 0 Å². The molecule has 0 spiro atoms. The van der Waals surface area contributed by atoms with E-state index in [0.717, 1.165) is 22.3 Å². The van der Waals surface area contributed by atoms with Gasteiger partial charge in [0.05, 0.1) is 0 Å². The zero-order valence-electron chi connectivity index (χ0n) is 10.3. The molecule has 0 heterocycles. The molecule has 1 aromatic rings. The lowest BCUT2D eigenvalue weighted by molar-refractivity contribution is 0.148. The van der Waals surface area contributed by atoms with Crippen LogP contribution < -0.4 is 5.73 Å². The van der Waals surface area contributed by atoms with Crippen molar-refractivity contribution < 1.29 is 8.78 Å². The molecule has 0 bridgehead atoms. The molecule has 0 aliphatic heterocycles. The van der Waals surface area contributed by atoms with Crippen molar-refractivity contribution in [2.45, 2.75) is 46.5 Å². The summed E-state index contributed by atoms with van der Waals surface area (Å²) in [6.07, 6.45) is -2.49. The third kappa shape index (κ3) is 2.52. The van der Waals surface area contributed by atoms with Crippen molar-refractivity contribution in [1.82, 2.24) is 0 Å². The molecular formula is C13H19F2N. The van der Waals surface area contributed by atoms with Crippen LogP contribution >= 0.6 is 0 Å². The molecule has 0 amide bonds. The smallest absolute Gasteiger partial charge is 0.242 e. The minimum absolute atomic E-state index is 0.180. The molecule has 1 aromatic carbocycles. The molecule has 0 aliphatic rings. The topological polar surface area (TPSA) is 26.0 Å². The third-order valence-electron chi connectivity index (χ3n) is 3.09. The molecule has 0 radical (unpaired) electrons. The third-order valence-corrected chi connectivity index (χ3v) is 3.09. The first kappa shape index (κ1) is 12.9. The van der Waals surface area contributed by atoms with Gasteiger partial charge in [0.1, 0.15) is 0 Å². The molecule has 0 atom stereocenters. The van der Waals surface area contributed by atoms with Crippen molar-refractivity contribution in [1.29, 1.82) is 0 Å². The highest BCUT2D eigenvalue weighted by atomic mass is 19.3. The molecule has 3 heteroatoms. The van der Waals surface area contributed by atoms with E-state index in [4.69, 9.17) is 5.73 Å². The van der Waals surface area contributed by atoms with Crippen LogP contribution in [0.4, 0.5) is 14.5 Å². The van der Waals surface area contributed by atoms with Gasteiger partial charge in [0.2, 0.25) is 6.43 Å². The summed E-state index contributed by atoms with van der Waals surface area (Å²) in [5.74, 6) is 0.218. The summed E-state index contributed by atoms with van der Waals surface area (Å²) in [7, 11) is 0. The number of nitrogens with two attached hydrogens (primary N) is 1. The minimum Gasteiger partial charge on any atom is -0.398 e. The number of halogens is 2. The van der Waals surface area contributed by atoms with Gasteiger partial charge in [0, 0.05) is 12.1 Å². The molecule has 90 valence electrons. The Bertz CT molecular complexity index is 384. The van der Waals surface area contributed by atoms with Crippen LogP contribution in [0.3, 0.4) is 0 Å². The molecular weight excluding hydrogens is 208 g/mol. The van der Waals surface area contributed by atoms with Crippen molar-refractivity contribution in [2.24, 2.45) is 0 Å². The molecule has 1 nitrogen and oxygen atoms in total. The van der Waals surface area contributed by atoms with Crippen LogP contribution in [0.25, 0.3) is 0 Å². The van der Waals surface area contributed by atoms with E-state index in [9.17, 15) is 8.78 Å². The first-order chi connectivity index (χ1) is 7.34. The Morgan fingerprint density at radius 3 is 2.19 bits per heavy atom. The second kappa shape index (κ2) is 4.81. The first-order valence-electron chi connectivity index (χ1n) is 5.51. The van der Waals surface area contributed by atoms with E-state index in [-0.39, 0.29) is 12.3 Å². The fourth-order valence-corrected chi connectivity index (χ4v) is 1.96. The molecule has 16 heavy (non-hydrogen) atoms. The van der Waals surface area contributed by atoms with Crippen LogP contribution in [0, 0.1) is 13.8 Å². The second-order valence-corrected chi connectivity index (χ2v) is 4.53. The quantitative estimate of drug-likeness (QED) is 0.780. The highest BCUT2D eigenvalue weighted by Gasteiger charge is 2.16. The molecule has 2 N–H and O–H groups in total. The van der Waals surface area contributed by atoms with E-state index in [1.54, 1.807) is 0 Å².